The first-order chi connectivity index (χ1) is 9.15. The summed E-state index contributed by atoms with van der Waals surface area (Å²) < 4.78 is 31.1. The van der Waals surface area contributed by atoms with Crippen molar-refractivity contribution in [2.75, 3.05) is 26.3 Å². The molecular formula is C13H17ClF2N2O2. The minimum absolute atomic E-state index is 0. The summed E-state index contributed by atoms with van der Waals surface area (Å²) in [7, 11) is 0. The Morgan fingerprint density at radius 3 is 2.65 bits per heavy atom. The highest BCUT2D eigenvalue weighted by molar-refractivity contribution is 5.85. The Morgan fingerprint density at radius 2 is 2.05 bits per heavy atom. The summed E-state index contributed by atoms with van der Waals surface area (Å²) in [6.07, 6.45) is 0.383. The lowest BCUT2D eigenvalue weighted by atomic mass is 10.1. The molecule has 1 heterocycles. The van der Waals surface area contributed by atoms with Gasteiger partial charge >= 0.3 is 0 Å². The highest BCUT2D eigenvalue weighted by atomic mass is 35.5. The van der Waals surface area contributed by atoms with Crippen LogP contribution in [0.3, 0.4) is 0 Å². The van der Waals surface area contributed by atoms with Gasteiger partial charge in [-0.1, -0.05) is 0 Å². The largest absolute Gasteiger partial charge is 0.378 e. The number of ether oxygens (including phenoxy) is 1. The highest BCUT2D eigenvalue weighted by Crippen LogP contribution is 2.08. The predicted molar refractivity (Wildman–Crippen MR) is 72.9 cm³/mol. The van der Waals surface area contributed by atoms with Gasteiger partial charge in [-0.05, 0) is 24.1 Å². The van der Waals surface area contributed by atoms with Crippen LogP contribution in [0.15, 0.2) is 18.2 Å². The standard InChI is InChI=1S/C13H16F2N2O2.ClH/c14-10-5-9(6-11(15)7-10)1-2-17-13(18)12-8-19-4-3-16-12;/h5-7,12,16H,1-4,8H2,(H,17,18);1H. The SMILES string of the molecule is Cl.O=C(NCCc1cc(F)cc(F)c1)C1COCCN1. The van der Waals surface area contributed by atoms with Gasteiger partial charge in [0.2, 0.25) is 5.91 Å². The van der Waals surface area contributed by atoms with Gasteiger partial charge in [-0.25, -0.2) is 8.78 Å². The molecular weight excluding hydrogens is 290 g/mol. The summed E-state index contributed by atoms with van der Waals surface area (Å²) in [4.78, 5) is 11.7. The molecule has 0 radical (unpaired) electrons. The Kier molecular flexibility index (Phi) is 6.84. The minimum Gasteiger partial charge on any atom is -0.378 e. The van der Waals surface area contributed by atoms with Gasteiger partial charge < -0.3 is 15.4 Å². The van der Waals surface area contributed by atoms with Crippen molar-refractivity contribution >= 4 is 18.3 Å². The summed E-state index contributed by atoms with van der Waals surface area (Å²) in [5.74, 6) is -1.37. The molecule has 0 aliphatic carbocycles. The van der Waals surface area contributed by atoms with E-state index in [-0.39, 0.29) is 24.4 Å². The highest BCUT2D eigenvalue weighted by Gasteiger charge is 2.20. The number of benzene rings is 1. The molecule has 112 valence electrons. The summed E-state index contributed by atoms with van der Waals surface area (Å²) in [5, 5.41) is 5.74. The zero-order valence-corrected chi connectivity index (χ0v) is 11.6. The molecule has 0 spiro atoms. The maximum Gasteiger partial charge on any atom is 0.239 e. The molecule has 1 fully saturated rings. The number of morpholine rings is 1. The molecule has 1 unspecified atom stereocenters. The third-order valence-electron chi connectivity index (χ3n) is 2.87. The van der Waals surface area contributed by atoms with Crippen LogP contribution in [0.2, 0.25) is 0 Å². The molecule has 20 heavy (non-hydrogen) atoms. The Balaban J connectivity index is 0.00000200. The average molecular weight is 307 g/mol. The van der Waals surface area contributed by atoms with E-state index in [2.05, 4.69) is 10.6 Å². The van der Waals surface area contributed by atoms with Gasteiger partial charge in [-0.15, -0.1) is 12.4 Å². The Labute approximate surface area is 122 Å². The molecule has 1 saturated heterocycles. The van der Waals surface area contributed by atoms with Gasteiger partial charge in [0, 0.05) is 19.2 Å². The van der Waals surface area contributed by atoms with Crippen LogP contribution in [0.4, 0.5) is 8.78 Å². The van der Waals surface area contributed by atoms with Crippen molar-refractivity contribution in [2.45, 2.75) is 12.5 Å². The molecule has 2 N–H and O–H groups in total. The van der Waals surface area contributed by atoms with Crippen LogP contribution >= 0.6 is 12.4 Å². The molecule has 1 aromatic rings. The number of nitrogens with one attached hydrogen (secondary N) is 2. The summed E-state index contributed by atoms with van der Waals surface area (Å²) >= 11 is 0. The quantitative estimate of drug-likeness (QED) is 0.874. The van der Waals surface area contributed by atoms with E-state index >= 15 is 0 Å². The normalized spacial score (nSPS) is 18.2. The van der Waals surface area contributed by atoms with E-state index in [4.69, 9.17) is 4.74 Å². The van der Waals surface area contributed by atoms with Gasteiger partial charge in [-0.3, -0.25) is 4.79 Å². The zero-order valence-electron chi connectivity index (χ0n) is 10.8. The summed E-state index contributed by atoms with van der Waals surface area (Å²) in [6.45, 7) is 1.93. The Morgan fingerprint density at radius 1 is 1.35 bits per heavy atom. The number of carbonyl (C=O) groups is 1. The summed E-state index contributed by atoms with van der Waals surface area (Å²) in [5.41, 5.74) is 0.519. The minimum atomic E-state index is -0.608. The van der Waals surface area contributed by atoms with Crippen molar-refractivity contribution in [3.63, 3.8) is 0 Å². The molecule has 0 aromatic heterocycles. The molecule has 2 rings (SSSR count). The fraction of sp³-hybridized carbons (Fsp3) is 0.462. The first-order valence-corrected chi connectivity index (χ1v) is 6.19. The number of amides is 1. The van der Waals surface area contributed by atoms with Crippen molar-refractivity contribution in [3.8, 4) is 0 Å². The molecule has 1 amide bonds. The third kappa shape index (κ3) is 5.03. The van der Waals surface area contributed by atoms with Crippen molar-refractivity contribution in [3.05, 3.63) is 35.4 Å². The zero-order chi connectivity index (χ0) is 13.7. The van der Waals surface area contributed by atoms with Gasteiger partial charge in [0.05, 0.1) is 13.2 Å². The van der Waals surface area contributed by atoms with Gasteiger partial charge in [0.25, 0.3) is 0 Å². The third-order valence-corrected chi connectivity index (χ3v) is 2.87. The molecule has 1 aromatic carbocycles. The molecule has 4 nitrogen and oxygen atoms in total. The van der Waals surface area contributed by atoms with Crippen LogP contribution in [-0.2, 0) is 16.0 Å². The van der Waals surface area contributed by atoms with E-state index in [1.807, 2.05) is 0 Å². The van der Waals surface area contributed by atoms with E-state index in [0.717, 1.165) is 6.07 Å². The predicted octanol–water partition coefficient (Wildman–Crippen LogP) is 1.03. The molecule has 1 aliphatic rings. The van der Waals surface area contributed by atoms with Crippen LogP contribution in [0, 0.1) is 11.6 Å². The van der Waals surface area contributed by atoms with E-state index in [1.165, 1.54) is 12.1 Å². The molecule has 1 aliphatic heterocycles. The maximum atomic E-state index is 13.0. The topological polar surface area (TPSA) is 50.4 Å². The molecule has 1 atom stereocenters. The number of carbonyl (C=O) groups excluding carboxylic acids is 1. The lowest BCUT2D eigenvalue weighted by molar-refractivity contribution is -0.125. The van der Waals surface area contributed by atoms with Crippen LogP contribution in [0.1, 0.15) is 5.56 Å². The molecule has 0 bridgehead atoms. The van der Waals surface area contributed by atoms with E-state index in [1.54, 1.807) is 0 Å². The van der Waals surface area contributed by atoms with Crippen molar-refractivity contribution in [2.24, 2.45) is 0 Å². The first-order valence-electron chi connectivity index (χ1n) is 6.19. The number of hydrogen-bond acceptors (Lipinski definition) is 3. The molecule has 0 saturated carbocycles. The second-order valence-corrected chi connectivity index (χ2v) is 4.40. The lowest BCUT2D eigenvalue weighted by Gasteiger charge is -2.22. The van der Waals surface area contributed by atoms with Gasteiger partial charge in [-0.2, -0.15) is 0 Å². The van der Waals surface area contributed by atoms with Crippen molar-refractivity contribution in [1.29, 1.82) is 0 Å². The van der Waals surface area contributed by atoms with Gasteiger partial charge in [0.1, 0.15) is 17.7 Å². The molecule has 7 heteroatoms. The van der Waals surface area contributed by atoms with E-state index in [0.29, 0.717) is 38.3 Å². The fourth-order valence-electron chi connectivity index (χ4n) is 1.94. The van der Waals surface area contributed by atoms with Crippen molar-refractivity contribution < 1.29 is 18.3 Å². The Hall–Kier alpha value is -1.24. The summed E-state index contributed by atoms with van der Waals surface area (Å²) in [6, 6.07) is 3.00. The second-order valence-electron chi connectivity index (χ2n) is 4.40. The fourth-order valence-corrected chi connectivity index (χ4v) is 1.94. The average Bonchev–Trinajstić information content (AvgIpc) is 2.38. The first kappa shape index (κ1) is 16.8. The number of hydrogen-bond donors (Lipinski definition) is 2. The van der Waals surface area contributed by atoms with Crippen LogP contribution in [0.5, 0.6) is 0 Å². The van der Waals surface area contributed by atoms with E-state index in [9.17, 15) is 13.6 Å². The lowest BCUT2D eigenvalue weighted by Crippen LogP contribution is -2.51. The maximum absolute atomic E-state index is 13.0. The van der Waals surface area contributed by atoms with Crippen molar-refractivity contribution in [1.82, 2.24) is 10.6 Å². The van der Waals surface area contributed by atoms with Crippen LogP contribution < -0.4 is 10.6 Å². The monoisotopic (exact) mass is 306 g/mol. The van der Waals surface area contributed by atoms with Crippen LogP contribution in [0.25, 0.3) is 0 Å². The van der Waals surface area contributed by atoms with Gasteiger partial charge in [0.15, 0.2) is 0 Å². The second kappa shape index (κ2) is 8.14. The smallest absolute Gasteiger partial charge is 0.239 e. The Bertz CT molecular complexity index is 434. The van der Waals surface area contributed by atoms with E-state index < -0.39 is 11.6 Å². The number of halogens is 3. The van der Waals surface area contributed by atoms with Crippen LogP contribution in [-0.4, -0.2) is 38.3 Å². The number of rotatable bonds is 4.